The number of anilines is 1. The lowest BCUT2D eigenvalue weighted by atomic mass is 9.94. The maximum Gasteiger partial charge on any atom is 0.319 e. The van der Waals surface area contributed by atoms with Crippen molar-refractivity contribution in [3.8, 4) is 0 Å². The highest BCUT2D eigenvalue weighted by Gasteiger charge is 2.33. The number of urea groups is 1. The van der Waals surface area contributed by atoms with Gasteiger partial charge in [0.25, 0.3) is 5.91 Å². The van der Waals surface area contributed by atoms with Crippen LogP contribution in [0.15, 0.2) is 77.3 Å². The summed E-state index contributed by atoms with van der Waals surface area (Å²) in [6.45, 7) is 11.3. The van der Waals surface area contributed by atoms with Gasteiger partial charge in [-0.3, -0.25) is 9.89 Å². The van der Waals surface area contributed by atoms with Crippen molar-refractivity contribution in [1.29, 1.82) is 0 Å². The Morgan fingerprint density at radius 2 is 1.93 bits per heavy atom. The maximum absolute atomic E-state index is 14.5. The van der Waals surface area contributed by atoms with E-state index in [-0.39, 0.29) is 16.2 Å². The average molecular weight is 601 g/mol. The van der Waals surface area contributed by atoms with Crippen molar-refractivity contribution in [2.24, 2.45) is 0 Å². The van der Waals surface area contributed by atoms with Gasteiger partial charge >= 0.3 is 6.03 Å². The molecule has 1 aliphatic rings. The minimum atomic E-state index is -0.955. The first-order valence-electron chi connectivity index (χ1n) is 13.5. The minimum absolute atomic E-state index is 0.147. The molecule has 5 N–H and O–H groups in total. The molecule has 226 valence electrons. The van der Waals surface area contributed by atoms with Gasteiger partial charge in [-0.1, -0.05) is 36.2 Å². The number of benzene rings is 2. The van der Waals surface area contributed by atoms with Crippen LogP contribution in [-0.2, 0) is 4.79 Å². The first-order chi connectivity index (χ1) is 19.9. The molecule has 0 bridgehead atoms. The van der Waals surface area contributed by atoms with Gasteiger partial charge in [0.05, 0.1) is 23.3 Å². The number of hydrogen-bond acceptors (Lipinski definition) is 4. The van der Waals surface area contributed by atoms with E-state index in [0.717, 1.165) is 22.7 Å². The van der Waals surface area contributed by atoms with E-state index in [1.807, 2.05) is 6.92 Å². The number of alkyl halides is 1. The SMILES string of the molecule is C/C=C(/C)CC.CC1=C(C(=O)Nc2ccc3[nH]ncc3c2)C(c2ccc(Cl)cc2F)NC(=O)N1.CN/C(C)=C/C(C)F. The van der Waals surface area contributed by atoms with E-state index >= 15 is 0 Å². The third kappa shape index (κ3) is 10.0. The number of aromatic amines is 1. The number of aromatic nitrogens is 2. The normalized spacial score (nSPS) is 15.9. The molecule has 0 saturated heterocycles. The summed E-state index contributed by atoms with van der Waals surface area (Å²) in [6.07, 6.45) is 5.66. The number of amides is 3. The monoisotopic (exact) mass is 600 g/mol. The molecule has 4 rings (SSSR count). The lowest BCUT2D eigenvalue weighted by molar-refractivity contribution is -0.113. The van der Waals surface area contributed by atoms with Crippen LogP contribution in [0.5, 0.6) is 0 Å². The molecule has 0 saturated carbocycles. The highest BCUT2D eigenvalue weighted by atomic mass is 35.5. The van der Waals surface area contributed by atoms with Gasteiger partial charge in [0.2, 0.25) is 0 Å². The molecule has 3 aromatic rings. The van der Waals surface area contributed by atoms with Crippen molar-refractivity contribution in [3.05, 3.63) is 93.7 Å². The molecule has 2 heterocycles. The van der Waals surface area contributed by atoms with Gasteiger partial charge < -0.3 is 21.3 Å². The predicted octanol–water partition coefficient (Wildman–Crippen LogP) is 7.45. The van der Waals surface area contributed by atoms with E-state index in [0.29, 0.717) is 11.4 Å². The number of carbonyl (C=O) groups is 2. The summed E-state index contributed by atoms with van der Waals surface area (Å²) >= 11 is 5.82. The lowest BCUT2D eigenvalue weighted by Crippen LogP contribution is -2.46. The van der Waals surface area contributed by atoms with Crippen LogP contribution in [0.4, 0.5) is 19.3 Å². The Hall–Kier alpha value is -4.18. The molecule has 0 radical (unpaired) electrons. The molecular weight excluding hydrogens is 562 g/mol. The standard InChI is InChI=1S/C19H15ClFN5O2.C6H12FN.C6H12/c1-9-16(18(27)24-12-3-5-15-10(6-12)8-22-26-15)17(25-19(28)23-9)13-4-2-11(20)7-14(13)21;1-5(7)4-6(2)8-3;1-4-6(3)5-2/h2-8,17H,1H3,(H,22,26)(H,24,27)(H2,23,25,28);4-5,8H,1-3H3;4H,5H2,1-3H3/b;6-4+;6-4-. The Kier molecular flexibility index (Phi) is 13.2. The molecule has 0 fully saturated rings. The summed E-state index contributed by atoms with van der Waals surface area (Å²) in [7, 11) is 1.77. The zero-order valence-electron chi connectivity index (χ0n) is 25.0. The molecule has 2 unspecified atom stereocenters. The number of H-pyrrole nitrogens is 1. The largest absolute Gasteiger partial charge is 0.392 e. The van der Waals surface area contributed by atoms with E-state index in [1.54, 1.807) is 38.4 Å². The van der Waals surface area contributed by atoms with Crippen LogP contribution in [0.2, 0.25) is 5.02 Å². The summed E-state index contributed by atoms with van der Waals surface area (Å²) in [5.74, 6) is -1.08. The van der Waals surface area contributed by atoms with E-state index in [2.05, 4.69) is 58.3 Å². The highest BCUT2D eigenvalue weighted by Crippen LogP contribution is 2.31. The molecule has 2 atom stereocenters. The first kappa shape index (κ1) is 34.0. The van der Waals surface area contributed by atoms with Crippen molar-refractivity contribution < 1.29 is 18.4 Å². The summed E-state index contributed by atoms with van der Waals surface area (Å²) in [4.78, 5) is 24.9. The maximum atomic E-state index is 14.5. The van der Waals surface area contributed by atoms with Crippen LogP contribution in [-0.4, -0.2) is 35.4 Å². The van der Waals surface area contributed by atoms with E-state index in [9.17, 15) is 18.4 Å². The van der Waals surface area contributed by atoms with Crippen LogP contribution in [0.1, 0.15) is 59.6 Å². The van der Waals surface area contributed by atoms with Crippen molar-refractivity contribution in [1.82, 2.24) is 26.1 Å². The third-order valence-corrected chi connectivity index (χ3v) is 6.64. The number of carbonyl (C=O) groups excluding carboxylic acids is 2. The fraction of sp³-hybridized carbons (Fsp3) is 0.323. The number of halogens is 3. The minimum Gasteiger partial charge on any atom is -0.392 e. The van der Waals surface area contributed by atoms with Gasteiger partial charge in [0.1, 0.15) is 12.0 Å². The van der Waals surface area contributed by atoms with Gasteiger partial charge in [-0.25, -0.2) is 13.6 Å². The zero-order chi connectivity index (χ0) is 31.4. The number of allylic oxidation sites excluding steroid dienone is 5. The summed E-state index contributed by atoms with van der Waals surface area (Å²) < 4.78 is 26.5. The van der Waals surface area contributed by atoms with Crippen LogP contribution < -0.4 is 21.3 Å². The van der Waals surface area contributed by atoms with E-state index in [1.165, 1.54) is 37.1 Å². The molecule has 42 heavy (non-hydrogen) atoms. The second kappa shape index (κ2) is 16.3. The Morgan fingerprint density at radius 3 is 2.48 bits per heavy atom. The van der Waals surface area contributed by atoms with Crippen LogP contribution in [0.3, 0.4) is 0 Å². The summed E-state index contributed by atoms with van der Waals surface area (Å²) in [5.41, 5.74) is 4.41. The second-order valence-corrected chi connectivity index (χ2v) is 10.1. The highest BCUT2D eigenvalue weighted by molar-refractivity contribution is 6.30. The quantitative estimate of drug-likeness (QED) is 0.189. The predicted molar refractivity (Wildman–Crippen MR) is 166 cm³/mol. The molecule has 1 aliphatic heterocycles. The topological polar surface area (TPSA) is 111 Å². The summed E-state index contributed by atoms with van der Waals surface area (Å²) in [6, 6.07) is 7.90. The molecule has 3 amide bonds. The van der Waals surface area contributed by atoms with Crippen molar-refractivity contribution >= 4 is 40.1 Å². The van der Waals surface area contributed by atoms with E-state index in [4.69, 9.17) is 11.6 Å². The molecule has 0 spiro atoms. The van der Waals surface area contributed by atoms with Crippen molar-refractivity contribution in [2.45, 2.75) is 60.2 Å². The van der Waals surface area contributed by atoms with Gasteiger partial charge in [0, 0.05) is 40.1 Å². The molecule has 1 aromatic heterocycles. The number of nitrogens with zero attached hydrogens (tertiary/aromatic N) is 1. The van der Waals surface area contributed by atoms with Gasteiger partial charge in [0.15, 0.2) is 0 Å². The zero-order valence-corrected chi connectivity index (χ0v) is 25.7. The smallest absolute Gasteiger partial charge is 0.319 e. The average Bonchev–Trinajstić information content (AvgIpc) is 3.40. The first-order valence-corrected chi connectivity index (χ1v) is 13.9. The van der Waals surface area contributed by atoms with Gasteiger partial charge in [-0.05, 0) is 77.4 Å². The second-order valence-electron chi connectivity index (χ2n) is 9.63. The van der Waals surface area contributed by atoms with Crippen LogP contribution in [0.25, 0.3) is 10.9 Å². The van der Waals surface area contributed by atoms with Gasteiger partial charge in [-0.15, -0.1) is 0 Å². The molecule has 8 nitrogen and oxygen atoms in total. The van der Waals surface area contributed by atoms with Gasteiger partial charge in [-0.2, -0.15) is 5.10 Å². The molecule has 0 aliphatic carbocycles. The molecule has 11 heteroatoms. The Labute approximate surface area is 250 Å². The van der Waals surface area contributed by atoms with Crippen molar-refractivity contribution in [3.63, 3.8) is 0 Å². The number of hydrogen-bond donors (Lipinski definition) is 5. The van der Waals surface area contributed by atoms with Crippen LogP contribution >= 0.6 is 11.6 Å². The van der Waals surface area contributed by atoms with E-state index < -0.39 is 30.0 Å². The Morgan fingerprint density at radius 1 is 1.21 bits per heavy atom. The number of nitrogens with one attached hydrogen (secondary N) is 5. The molecular formula is C31H39ClF2N6O2. The van der Waals surface area contributed by atoms with Crippen LogP contribution in [0, 0.1) is 5.82 Å². The Bertz CT molecular complexity index is 1480. The Balaban J connectivity index is 0.000000367. The molecule has 2 aromatic carbocycles. The van der Waals surface area contributed by atoms with Crippen molar-refractivity contribution in [2.75, 3.05) is 12.4 Å². The lowest BCUT2D eigenvalue weighted by Gasteiger charge is -2.29. The third-order valence-electron chi connectivity index (χ3n) is 6.41. The number of rotatable bonds is 6. The number of fused-ring (bicyclic) bond motifs is 1. The fourth-order valence-electron chi connectivity index (χ4n) is 3.81. The fourth-order valence-corrected chi connectivity index (χ4v) is 3.97. The summed E-state index contributed by atoms with van der Waals surface area (Å²) in [5, 5.41) is 18.6.